The van der Waals surface area contributed by atoms with Crippen LogP contribution >= 0.6 is 0 Å². The number of amides is 1. The molecule has 0 bridgehead atoms. The molecule has 1 atom stereocenters. The summed E-state index contributed by atoms with van der Waals surface area (Å²) < 4.78 is 5.63. The molecule has 0 unspecified atom stereocenters. The quantitative estimate of drug-likeness (QED) is 0.800. The Kier molecular flexibility index (Phi) is 6.21. The first kappa shape index (κ1) is 16.8. The van der Waals surface area contributed by atoms with Crippen LogP contribution in [0.2, 0.25) is 0 Å². The van der Waals surface area contributed by atoms with Crippen molar-refractivity contribution in [2.24, 2.45) is 0 Å². The predicted octanol–water partition coefficient (Wildman–Crippen LogP) is 1.13. The van der Waals surface area contributed by atoms with Crippen LogP contribution in [0, 0.1) is 6.92 Å². The zero-order valence-corrected chi connectivity index (χ0v) is 13.8. The van der Waals surface area contributed by atoms with E-state index in [9.17, 15) is 4.79 Å². The molecule has 1 aliphatic rings. The van der Waals surface area contributed by atoms with E-state index in [0.29, 0.717) is 25.7 Å². The van der Waals surface area contributed by atoms with Gasteiger partial charge in [-0.15, -0.1) is 0 Å². The van der Waals surface area contributed by atoms with Gasteiger partial charge in [0.25, 0.3) is 0 Å². The number of benzene rings is 1. The maximum atomic E-state index is 12.0. The number of rotatable bonds is 6. The van der Waals surface area contributed by atoms with Gasteiger partial charge in [0.1, 0.15) is 12.4 Å². The van der Waals surface area contributed by atoms with Gasteiger partial charge in [0, 0.05) is 25.7 Å². The molecule has 0 spiro atoms. The summed E-state index contributed by atoms with van der Waals surface area (Å²) in [5, 5.41) is 2.93. The highest BCUT2D eigenvalue weighted by Gasteiger charge is 2.22. The van der Waals surface area contributed by atoms with E-state index in [2.05, 4.69) is 29.1 Å². The SMILES string of the molecule is Cc1cccc(OCCNC(=O)CN2CCN(C)C[C@H]2C)c1. The Morgan fingerprint density at radius 1 is 1.41 bits per heavy atom. The molecular formula is C17H27N3O2. The third kappa shape index (κ3) is 5.31. The molecule has 5 heteroatoms. The lowest BCUT2D eigenvalue weighted by Crippen LogP contribution is -2.53. The first-order chi connectivity index (χ1) is 10.5. The number of hydrogen-bond acceptors (Lipinski definition) is 4. The summed E-state index contributed by atoms with van der Waals surface area (Å²) in [5.74, 6) is 0.922. The molecule has 0 radical (unpaired) electrons. The maximum absolute atomic E-state index is 12.0. The van der Waals surface area contributed by atoms with Gasteiger partial charge in [-0.1, -0.05) is 12.1 Å². The number of carbonyl (C=O) groups is 1. The number of hydrogen-bond donors (Lipinski definition) is 1. The van der Waals surface area contributed by atoms with Crippen LogP contribution in [0.3, 0.4) is 0 Å². The Labute approximate surface area is 133 Å². The molecule has 1 saturated heterocycles. The fourth-order valence-electron chi connectivity index (χ4n) is 2.72. The van der Waals surface area contributed by atoms with Crippen molar-refractivity contribution in [3.63, 3.8) is 0 Å². The Bertz CT molecular complexity index is 493. The number of piperazine rings is 1. The molecule has 2 rings (SSSR count). The second kappa shape index (κ2) is 8.15. The van der Waals surface area contributed by atoms with Crippen molar-refractivity contribution in [3.05, 3.63) is 29.8 Å². The van der Waals surface area contributed by atoms with Crippen molar-refractivity contribution in [1.29, 1.82) is 0 Å². The van der Waals surface area contributed by atoms with Crippen LogP contribution < -0.4 is 10.1 Å². The zero-order chi connectivity index (χ0) is 15.9. The number of ether oxygens (including phenoxy) is 1. The predicted molar refractivity (Wildman–Crippen MR) is 88.2 cm³/mol. The Balaban J connectivity index is 1.63. The minimum absolute atomic E-state index is 0.0734. The molecule has 1 heterocycles. The largest absolute Gasteiger partial charge is 0.492 e. The number of nitrogens with one attached hydrogen (secondary N) is 1. The Morgan fingerprint density at radius 3 is 2.95 bits per heavy atom. The van der Waals surface area contributed by atoms with E-state index in [4.69, 9.17) is 4.74 Å². The molecule has 1 aromatic rings. The van der Waals surface area contributed by atoms with Gasteiger partial charge in [-0.05, 0) is 38.6 Å². The van der Waals surface area contributed by atoms with E-state index in [1.165, 1.54) is 5.56 Å². The van der Waals surface area contributed by atoms with Crippen molar-refractivity contribution < 1.29 is 9.53 Å². The average molecular weight is 305 g/mol. The molecule has 1 aliphatic heterocycles. The summed E-state index contributed by atoms with van der Waals surface area (Å²) in [7, 11) is 2.12. The molecule has 5 nitrogen and oxygen atoms in total. The van der Waals surface area contributed by atoms with Crippen LogP contribution in [0.5, 0.6) is 5.75 Å². The Morgan fingerprint density at radius 2 is 2.23 bits per heavy atom. The summed E-state index contributed by atoms with van der Waals surface area (Å²) in [4.78, 5) is 16.5. The van der Waals surface area contributed by atoms with Crippen molar-refractivity contribution >= 4 is 5.91 Å². The van der Waals surface area contributed by atoms with Gasteiger partial charge in [-0.2, -0.15) is 0 Å². The highest BCUT2D eigenvalue weighted by Crippen LogP contribution is 2.11. The van der Waals surface area contributed by atoms with Crippen LogP contribution in [0.15, 0.2) is 24.3 Å². The topological polar surface area (TPSA) is 44.8 Å². The lowest BCUT2D eigenvalue weighted by molar-refractivity contribution is -0.123. The van der Waals surface area contributed by atoms with Crippen LogP contribution in [0.25, 0.3) is 0 Å². The number of likely N-dealkylation sites (N-methyl/N-ethyl adjacent to an activating group) is 1. The molecule has 1 fully saturated rings. The number of nitrogens with zero attached hydrogens (tertiary/aromatic N) is 2. The zero-order valence-electron chi connectivity index (χ0n) is 13.8. The average Bonchev–Trinajstić information content (AvgIpc) is 2.47. The van der Waals surface area contributed by atoms with Gasteiger partial charge in [-0.25, -0.2) is 0 Å². The van der Waals surface area contributed by atoms with E-state index in [1.807, 2.05) is 31.2 Å². The fraction of sp³-hybridized carbons (Fsp3) is 0.588. The van der Waals surface area contributed by atoms with Crippen molar-refractivity contribution in [3.8, 4) is 5.75 Å². The normalized spacial score (nSPS) is 19.9. The summed E-state index contributed by atoms with van der Waals surface area (Å²) in [6.07, 6.45) is 0. The summed E-state index contributed by atoms with van der Waals surface area (Å²) in [5.41, 5.74) is 1.17. The van der Waals surface area contributed by atoms with Gasteiger partial charge >= 0.3 is 0 Å². The maximum Gasteiger partial charge on any atom is 0.234 e. The van der Waals surface area contributed by atoms with Gasteiger partial charge in [0.05, 0.1) is 13.1 Å². The molecule has 1 amide bonds. The van der Waals surface area contributed by atoms with Crippen molar-refractivity contribution in [2.75, 3.05) is 46.4 Å². The smallest absolute Gasteiger partial charge is 0.234 e. The van der Waals surface area contributed by atoms with E-state index in [1.54, 1.807) is 0 Å². The fourth-order valence-corrected chi connectivity index (χ4v) is 2.72. The number of aryl methyl sites for hydroxylation is 1. The van der Waals surface area contributed by atoms with Crippen LogP contribution in [0.1, 0.15) is 12.5 Å². The highest BCUT2D eigenvalue weighted by molar-refractivity contribution is 5.78. The summed E-state index contributed by atoms with van der Waals surface area (Å²) >= 11 is 0. The second-order valence-electron chi connectivity index (χ2n) is 6.10. The molecule has 0 aliphatic carbocycles. The molecule has 22 heavy (non-hydrogen) atoms. The van der Waals surface area contributed by atoms with Gasteiger partial charge in [-0.3, -0.25) is 9.69 Å². The number of carbonyl (C=O) groups excluding carboxylic acids is 1. The first-order valence-corrected chi connectivity index (χ1v) is 7.93. The van der Waals surface area contributed by atoms with Crippen LogP contribution in [-0.2, 0) is 4.79 Å². The van der Waals surface area contributed by atoms with E-state index in [-0.39, 0.29) is 5.91 Å². The van der Waals surface area contributed by atoms with Gasteiger partial charge < -0.3 is 15.0 Å². The molecule has 122 valence electrons. The van der Waals surface area contributed by atoms with E-state index in [0.717, 1.165) is 25.4 Å². The van der Waals surface area contributed by atoms with Crippen molar-refractivity contribution in [2.45, 2.75) is 19.9 Å². The second-order valence-corrected chi connectivity index (χ2v) is 6.10. The van der Waals surface area contributed by atoms with Crippen molar-refractivity contribution in [1.82, 2.24) is 15.1 Å². The lowest BCUT2D eigenvalue weighted by Gasteiger charge is -2.37. The van der Waals surface area contributed by atoms with Gasteiger partial charge in [0.15, 0.2) is 0 Å². The standard InChI is InChI=1S/C17H27N3O2/c1-14-5-4-6-16(11-14)22-10-7-18-17(21)13-20-9-8-19(3)12-15(20)2/h4-6,11,15H,7-10,12-13H2,1-3H3,(H,18,21)/t15-/m1/s1. The first-order valence-electron chi connectivity index (χ1n) is 7.93. The third-order valence-corrected chi connectivity index (χ3v) is 4.00. The summed E-state index contributed by atoms with van der Waals surface area (Å²) in [6.45, 7) is 8.69. The van der Waals surface area contributed by atoms with E-state index >= 15 is 0 Å². The monoisotopic (exact) mass is 305 g/mol. The molecule has 1 N–H and O–H groups in total. The van der Waals surface area contributed by atoms with Gasteiger partial charge in [0.2, 0.25) is 5.91 Å². The summed E-state index contributed by atoms with van der Waals surface area (Å²) in [6, 6.07) is 8.35. The van der Waals surface area contributed by atoms with Crippen LogP contribution in [0.4, 0.5) is 0 Å². The van der Waals surface area contributed by atoms with E-state index < -0.39 is 0 Å². The minimum atomic E-state index is 0.0734. The molecule has 0 aromatic heterocycles. The highest BCUT2D eigenvalue weighted by atomic mass is 16.5. The molecule has 1 aromatic carbocycles. The molecule has 0 saturated carbocycles. The minimum Gasteiger partial charge on any atom is -0.492 e. The molecular weight excluding hydrogens is 278 g/mol. The third-order valence-electron chi connectivity index (χ3n) is 4.00. The van der Waals surface area contributed by atoms with Crippen LogP contribution in [-0.4, -0.2) is 68.1 Å². The lowest BCUT2D eigenvalue weighted by atomic mass is 10.2. The Hall–Kier alpha value is -1.59.